The molecule has 0 bridgehead atoms. The average molecular weight is 907 g/mol. The van der Waals surface area contributed by atoms with Crippen LogP contribution in [-0.2, 0) is 32.7 Å². The molecule has 0 aliphatic heterocycles. The first-order valence-electron chi connectivity index (χ1n) is 23.0. The molecule has 1 saturated carbocycles. The molecule has 0 aromatic carbocycles. The highest BCUT2D eigenvalue weighted by atomic mass is 31.2. The van der Waals surface area contributed by atoms with Crippen molar-refractivity contribution in [1.29, 1.82) is 0 Å². The second kappa shape index (κ2) is 38.1. The maximum absolute atomic E-state index is 12.8. The maximum Gasteiger partial charge on any atom is 0.472 e. The van der Waals surface area contributed by atoms with E-state index in [4.69, 9.17) is 18.5 Å². The molecule has 1 fully saturated rings. The number of hydrogen-bond acceptors (Lipinski definition) is 12. The van der Waals surface area contributed by atoms with Gasteiger partial charge < -0.3 is 39.9 Å². The summed E-state index contributed by atoms with van der Waals surface area (Å²) in [5.41, 5.74) is 0. The highest BCUT2D eigenvalue weighted by Crippen LogP contribution is 2.47. The highest BCUT2D eigenvalue weighted by Gasteiger charge is 2.51. The first-order valence-corrected chi connectivity index (χ1v) is 24.5. The number of hydrogen-bond donors (Lipinski definition) is 6. The second-order valence-electron chi connectivity index (χ2n) is 15.5. The van der Waals surface area contributed by atoms with Gasteiger partial charge in [-0.05, 0) is 96.3 Å². The van der Waals surface area contributed by atoms with Crippen LogP contribution in [0.4, 0.5) is 0 Å². The summed E-state index contributed by atoms with van der Waals surface area (Å²) in [5, 5.41) is 50.1. The van der Waals surface area contributed by atoms with E-state index < -0.39 is 75.7 Å². The molecule has 1 aliphatic rings. The van der Waals surface area contributed by atoms with Gasteiger partial charge in [0.15, 0.2) is 6.10 Å². The van der Waals surface area contributed by atoms with Crippen molar-refractivity contribution < 1.29 is 63.1 Å². The van der Waals surface area contributed by atoms with Crippen LogP contribution in [0.2, 0.25) is 0 Å². The Bertz CT molecular complexity index is 1470. The standard InChI is InChI=1S/C49H79O13P/c1-3-5-7-9-11-13-15-17-19-20-21-22-24-25-27-29-31-33-35-37-42(50)59-39-41(40-60-63(57,58)62-49-47(55)45(53)44(52)46(54)48(49)56)61-43(51)38-36-34-32-30-28-26-23-18-16-14-12-10-8-6-4-2/h6,8,11-14,17-19,21-23,25,27-28,30,41,44-49,52-56H,3-5,7,9-10,15-16,20,24,26,29,31-40H2,1-2H3,(H,57,58)/b8-6-,13-11-,14-12-,19-17-,22-21-,23-18-,27-25-,30-28-/t41-,44?,45-,46?,47?,48?,49?/m1/s1. The molecule has 1 aliphatic carbocycles. The molecule has 63 heavy (non-hydrogen) atoms. The molecule has 1 rings (SSSR count). The number of phosphoric ester groups is 1. The van der Waals surface area contributed by atoms with E-state index >= 15 is 0 Å². The fourth-order valence-corrected chi connectivity index (χ4v) is 7.17. The molecule has 0 amide bonds. The van der Waals surface area contributed by atoms with Crippen LogP contribution in [0.1, 0.15) is 142 Å². The van der Waals surface area contributed by atoms with Crippen molar-refractivity contribution in [3.05, 3.63) is 97.2 Å². The predicted octanol–water partition coefficient (Wildman–Crippen LogP) is 9.05. The smallest absolute Gasteiger partial charge is 0.462 e. The van der Waals surface area contributed by atoms with Crippen LogP contribution in [0.3, 0.4) is 0 Å². The Morgan fingerprint density at radius 1 is 0.508 bits per heavy atom. The number of rotatable bonds is 36. The van der Waals surface area contributed by atoms with Gasteiger partial charge in [-0.1, -0.05) is 130 Å². The van der Waals surface area contributed by atoms with Crippen LogP contribution in [-0.4, -0.2) is 98.3 Å². The zero-order valence-corrected chi connectivity index (χ0v) is 38.7. The van der Waals surface area contributed by atoms with Crippen LogP contribution < -0.4 is 0 Å². The SMILES string of the molecule is CC/C=C\C/C=C\C/C=C\C/C=C\CCCCC(=O)O[C@H](COC(=O)CCCCC/C=C\C/C=C\C/C=C\C/C=C\CCCCC)COP(=O)(O)OC1C(O)C(O)C(O)[C@@H](O)C1O. The number of phosphoric acid groups is 1. The van der Waals surface area contributed by atoms with Crippen molar-refractivity contribution in [2.24, 2.45) is 0 Å². The minimum absolute atomic E-state index is 0.0310. The molecule has 0 spiro atoms. The molecule has 14 heteroatoms. The summed E-state index contributed by atoms with van der Waals surface area (Å²) in [5.74, 6) is -1.20. The third-order valence-corrected chi connectivity index (χ3v) is 10.9. The number of ether oxygens (including phenoxy) is 2. The molecule has 6 N–H and O–H groups in total. The van der Waals surface area contributed by atoms with E-state index in [1.54, 1.807) is 0 Å². The highest BCUT2D eigenvalue weighted by molar-refractivity contribution is 7.47. The number of aliphatic hydroxyl groups excluding tert-OH is 5. The Morgan fingerprint density at radius 2 is 0.905 bits per heavy atom. The van der Waals surface area contributed by atoms with Gasteiger partial charge in [0.1, 0.15) is 43.2 Å². The van der Waals surface area contributed by atoms with E-state index in [9.17, 15) is 44.6 Å². The van der Waals surface area contributed by atoms with Gasteiger partial charge in [-0.2, -0.15) is 0 Å². The van der Waals surface area contributed by atoms with E-state index in [0.717, 1.165) is 77.0 Å². The Kier molecular flexibility index (Phi) is 34.9. The molecule has 0 saturated heterocycles. The van der Waals surface area contributed by atoms with Crippen LogP contribution in [0, 0.1) is 0 Å². The van der Waals surface area contributed by atoms with Crippen LogP contribution in [0.15, 0.2) is 97.2 Å². The van der Waals surface area contributed by atoms with Crippen molar-refractivity contribution in [2.45, 2.75) is 185 Å². The third-order valence-electron chi connectivity index (χ3n) is 9.91. The van der Waals surface area contributed by atoms with Crippen molar-refractivity contribution >= 4 is 19.8 Å². The normalized spacial score (nSPS) is 22.6. The number of carbonyl (C=O) groups excluding carboxylic acids is 2. The van der Waals surface area contributed by atoms with Gasteiger partial charge in [0.25, 0.3) is 0 Å². The lowest BCUT2D eigenvalue weighted by molar-refractivity contribution is -0.220. The predicted molar refractivity (Wildman–Crippen MR) is 248 cm³/mol. The minimum Gasteiger partial charge on any atom is -0.462 e. The quantitative estimate of drug-likeness (QED) is 0.0150. The molecule has 0 aromatic rings. The Hall–Kier alpha value is -3.23. The van der Waals surface area contributed by atoms with E-state index in [1.807, 2.05) is 6.08 Å². The summed E-state index contributed by atoms with van der Waals surface area (Å²) in [4.78, 5) is 35.7. The molecule has 0 radical (unpaired) electrons. The lowest BCUT2D eigenvalue weighted by Crippen LogP contribution is -2.64. The number of aliphatic hydroxyl groups is 5. The number of allylic oxidation sites excluding steroid dienone is 16. The topological polar surface area (TPSA) is 210 Å². The fourth-order valence-electron chi connectivity index (χ4n) is 6.20. The molecular formula is C49H79O13P. The zero-order chi connectivity index (χ0) is 46.4. The monoisotopic (exact) mass is 907 g/mol. The van der Waals surface area contributed by atoms with Crippen molar-refractivity contribution in [3.63, 3.8) is 0 Å². The summed E-state index contributed by atoms with van der Waals surface area (Å²) < 4.78 is 33.4. The molecule has 6 unspecified atom stereocenters. The van der Waals surface area contributed by atoms with Gasteiger partial charge in [-0.15, -0.1) is 0 Å². The fraction of sp³-hybridized carbons (Fsp3) is 0.633. The van der Waals surface area contributed by atoms with Gasteiger partial charge >= 0.3 is 19.8 Å². The maximum atomic E-state index is 12.8. The minimum atomic E-state index is -5.14. The van der Waals surface area contributed by atoms with Crippen LogP contribution >= 0.6 is 7.82 Å². The van der Waals surface area contributed by atoms with E-state index in [2.05, 4.69) is 105 Å². The van der Waals surface area contributed by atoms with Gasteiger partial charge in [-0.3, -0.25) is 18.6 Å². The molecule has 0 aromatic heterocycles. The van der Waals surface area contributed by atoms with Crippen LogP contribution in [0.5, 0.6) is 0 Å². The molecule has 0 heterocycles. The molecule has 358 valence electrons. The summed E-state index contributed by atoms with van der Waals surface area (Å²) in [6.45, 7) is 3.07. The average Bonchev–Trinajstić information content (AvgIpc) is 3.26. The first kappa shape index (κ1) is 57.8. The Labute approximate surface area is 377 Å². The van der Waals surface area contributed by atoms with Gasteiger partial charge in [0.2, 0.25) is 0 Å². The third kappa shape index (κ3) is 30.5. The van der Waals surface area contributed by atoms with E-state index in [-0.39, 0.29) is 12.8 Å². The Balaban J connectivity index is 2.52. The number of esters is 2. The Morgan fingerprint density at radius 3 is 1.38 bits per heavy atom. The van der Waals surface area contributed by atoms with Crippen molar-refractivity contribution in [2.75, 3.05) is 13.2 Å². The zero-order valence-electron chi connectivity index (χ0n) is 37.8. The molecule has 13 nitrogen and oxygen atoms in total. The number of carbonyl (C=O) groups is 2. The van der Waals surface area contributed by atoms with E-state index in [1.165, 1.54) is 19.3 Å². The summed E-state index contributed by atoms with van der Waals surface area (Å²) >= 11 is 0. The van der Waals surface area contributed by atoms with Crippen LogP contribution in [0.25, 0.3) is 0 Å². The summed E-state index contributed by atoms with van der Waals surface area (Å²) in [6, 6.07) is 0. The van der Waals surface area contributed by atoms with Crippen molar-refractivity contribution in [1.82, 2.24) is 0 Å². The lowest BCUT2D eigenvalue weighted by Gasteiger charge is -2.41. The summed E-state index contributed by atoms with van der Waals surface area (Å²) in [6.07, 6.45) is 37.5. The molecular weight excluding hydrogens is 828 g/mol. The molecule has 8 atom stereocenters. The van der Waals surface area contributed by atoms with E-state index in [0.29, 0.717) is 19.3 Å². The largest absolute Gasteiger partial charge is 0.472 e. The van der Waals surface area contributed by atoms with Gasteiger partial charge in [0.05, 0.1) is 6.61 Å². The number of unbranched alkanes of at least 4 members (excludes halogenated alkanes) is 8. The lowest BCUT2D eigenvalue weighted by atomic mass is 9.85. The summed E-state index contributed by atoms with van der Waals surface area (Å²) in [7, 11) is -5.14. The van der Waals surface area contributed by atoms with Gasteiger partial charge in [-0.25, -0.2) is 4.57 Å². The van der Waals surface area contributed by atoms with Gasteiger partial charge in [0, 0.05) is 12.8 Å². The second-order valence-corrected chi connectivity index (χ2v) is 16.9. The van der Waals surface area contributed by atoms with Crippen molar-refractivity contribution in [3.8, 4) is 0 Å². The first-order chi connectivity index (χ1) is 30.4.